The van der Waals surface area contributed by atoms with Crippen LogP contribution in [-0.2, 0) is 16.5 Å². The summed E-state index contributed by atoms with van der Waals surface area (Å²) in [5.74, 6) is 0. The lowest BCUT2D eigenvalue weighted by Gasteiger charge is -2.17. The minimum Gasteiger partial charge on any atom is -0.395 e. The van der Waals surface area contributed by atoms with Gasteiger partial charge in [-0.25, -0.2) is 0 Å². The number of nitrogens with zero attached hydrogens (tertiary/aromatic N) is 1. The summed E-state index contributed by atoms with van der Waals surface area (Å²) in [6, 6.07) is 6.61. The Labute approximate surface area is 195 Å². The van der Waals surface area contributed by atoms with E-state index in [0.29, 0.717) is 19.6 Å². The van der Waals surface area contributed by atoms with Crippen molar-refractivity contribution in [2.24, 2.45) is 0 Å². The molecular weight excluding hydrogens is 430 g/mol. The average molecular weight is 476 g/mol. The number of hydrogen-bond donors (Lipinski definition) is 4. The fourth-order valence-corrected chi connectivity index (χ4v) is 3.99. The fraction of sp³-hybridized carbons (Fsp3) is 0.750. The van der Waals surface area contributed by atoms with E-state index in [0.717, 1.165) is 18.4 Å². The third-order valence-electron chi connectivity index (χ3n) is 5.26. The van der Waals surface area contributed by atoms with Crippen LogP contribution >= 0.6 is 0 Å². The molecule has 0 saturated heterocycles. The van der Waals surface area contributed by atoms with Crippen LogP contribution in [0.4, 0.5) is 0 Å². The lowest BCUT2D eigenvalue weighted by Crippen LogP contribution is -2.32. The molecule has 0 fully saturated rings. The first-order chi connectivity index (χ1) is 15.4. The van der Waals surface area contributed by atoms with Gasteiger partial charge in [0, 0.05) is 19.6 Å². The van der Waals surface area contributed by atoms with Gasteiger partial charge in [-0.3, -0.25) is 9.45 Å². The molecule has 0 saturated carbocycles. The molecule has 0 heterocycles. The standard InChI is InChI=1S/C18H30O3S.C6H15NO3/c1-2-3-4-5-6-7-8-9-10-11-13-17-14-12-15-18(16-17)22(19,20)21;8-4-1-7(2-5-9)3-6-10/h12,14-16H,2-11,13H2,1H3,(H,19,20,21);8-10H,1-6H2. The molecule has 0 spiro atoms. The van der Waals surface area contributed by atoms with Crippen molar-refractivity contribution in [2.45, 2.75) is 82.4 Å². The first kappa shape index (κ1) is 31.0. The zero-order chi connectivity index (χ0) is 24.1. The van der Waals surface area contributed by atoms with Gasteiger partial charge in [-0.2, -0.15) is 8.42 Å². The van der Waals surface area contributed by atoms with Gasteiger partial charge in [0.05, 0.1) is 24.7 Å². The number of aryl methyl sites for hydroxylation is 1. The highest BCUT2D eigenvalue weighted by Gasteiger charge is 2.09. The summed E-state index contributed by atoms with van der Waals surface area (Å²) in [4.78, 5) is 1.79. The lowest BCUT2D eigenvalue weighted by atomic mass is 10.0. The molecular formula is C24H45NO6S. The van der Waals surface area contributed by atoms with Crippen LogP contribution in [0.2, 0.25) is 0 Å². The second kappa shape index (κ2) is 20.6. The predicted molar refractivity (Wildman–Crippen MR) is 130 cm³/mol. The van der Waals surface area contributed by atoms with Gasteiger partial charge in [-0.1, -0.05) is 76.8 Å². The molecule has 0 aromatic heterocycles. The minimum atomic E-state index is -4.08. The third kappa shape index (κ3) is 17.5. The van der Waals surface area contributed by atoms with Crippen LogP contribution in [0.1, 0.15) is 76.7 Å². The first-order valence-corrected chi connectivity index (χ1v) is 13.4. The molecule has 1 rings (SSSR count). The first-order valence-electron chi connectivity index (χ1n) is 12.0. The van der Waals surface area contributed by atoms with Crippen molar-refractivity contribution in [3.8, 4) is 0 Å². The van der Waals surface area contributed by atoms with Crippen molar-refractivity contribution in [3.05, 3.63) is 29.8 Å². The Morgan fingerprint density at radius 1 is 0.750 bits per heavy atom. The molecule has 1 aromatic carbocycles. The van der Waals surface area contributed by atoms with Gasteiger partial charge < -0.3 is 15.3 Å². The van der Waals surface area contributed by atoms with Gasteiger partial charge in [0.1, 0.15) is 0 Å². The summed E-state index contributed by atoms with van der Waals surface area (Å²) in [5.41, 5.74) is 0.981. The Balaban J connectivity index is 0.000000809. The molecule has 188 valence electrons. The summed E-state index contributed by atoms with van der Waals surface area (Å²) < 4.78 is 31.2. The molecule has 0 unspecified atom stereocenters. The van der Waals surface area contributed by atoms with E-state index in [9.17, 15) is 8.42 Å². The normalized spacial score (nSPS) is 11.4. The van der Waals surface area contributed by atoms with Crippen LogP contribution < -0.4 is 0 Å². The van der Waals surface area contributed by atoms with Gasteiger partial charge in [-0.05, 0) is 30.5 Å². The summed E-state index contributed by atoms with van der Waals surface area (Å²) in [6.07, 6.45) is 13.8. The molecule has 0 aliphatic rings. The average Bonchev–Trinajstić information content (AvgIpc) is 2.76. The van der Waals surface area contributed by atoms with E-state index in [1.165, 1.54) is 63.9 Å². The monoisotopic (exact) mass is 475 g/mol. The Bertz CT molecular complexity index is 639. The molecule has 32 heavy (non-hydrogen) atoms. The molecule has 0 aliphatic carbocycles. The van der Waals surface area contributed by atoms with E-state index in [-0.39, 0.29) is 24.7 Å². The maximum absolute atomic E-state index is 11.1. The highest BCUT2D eigenvalue weighted by atomic mass is 32.2. The fourth-order valence-electron chi connectivity index (χ4n) is 3.44. The van der Waals surface area contributed by atoms with Gasteiger partial charge in [-0.15, -0.1) is 0 Å². The predicted octanol–water partition coefficient (Wildman–Crippen LogP) is 3.66. The Morgan fingerprint density at radius 2 is 1.22 bits per heavy atom. The number of benzene rings is 1. The zero-order valence-corrected chi connectivity index (χ0v) is 20.6. The quantitative estimate of drug-likeness (QED) is 0.189. The Hall–Kier alpha value is -1.03. The Kier molecular flexibility index (Phi) is 19.9. The second-order valence-corrected chi connectivity index (χ2v) is 9.49. The zero-order valence-electron chi connectivity index (χ0n) is 19.8. The molecule has 0 amide bonds. The molecule has 1 aromatic rings. The maximum Gasteiger partial charge on any atom is 0.294 e. The van der Waals surface area contributed by atoms with Crippen LogP contribution in [0.3, 0.4) is 0 Å². The van der Waals surface area contributed by atoms with Crippen molar-refractivity contribution in [1.29, 1.82) is 0 Å². The molecule has 0 atom stereocenters. The SMILES string of the molecule is CCCCCCCCCCCCc1cccc(S(=O)(=O)O)c1.OCCN(CCO)CCO. The van der Waals surface area contributed by atoms with Crippen molar-refractivity contribution in [1.82, 2.24) is 4.90 Å². The topological polar surface area (TPSA) is 118 Å². The molecule has 0 bridgehead atoms. The lowest BCUT2D eigenvalue weighted by molar-refractivity contribution is 0.136. The number of aliphatic hydroxyl groups is 3. The highest BCUT2D eigenvalue weighted by molar-refractivity contribution is 7.85. The number of unbranched alkanes of at least 4 members (excludes halogenated alkanes) is 9. The van der Waals surface area contributed by atoms with Crippen molar-refractivity contribution in [3.63, 3.8) is 0 Å². The molecule has 0 radical (unpaired) electrons. The summed E-state index contributed by atoms with van der Waals surface area (Å²) in [6.45, 7) is 4.00. The van der Waals surface area contributed by atoms with Crippen molar-refractivity contribution in [2.75, 3.05) is 39.5 Å². The second-order valence-electron chi connectivity index (χ2n) is 8.07. The molecule has 8 heteroatoms. The van der Waals surface area contributed by atoms with E-state index in [1.807, 2.05) is 6.07 Å². The van der Waals surface area contributed by atoms with E-state index in [4.69, 9.17) is 19.9 Å². The van der Waals surface area contributed by atoms with Crippen LogP contribution in [0, 0.1) is 0 Å². The molecule has 7 nitrogen and oxygen atoms in total. The highest BCUT2D eigenvalue weighted by Crippen LogP contribution is 2.15. The maximum atomic E-state index is 11.1. The van der Waals surface area contributed by atoms with E-state index in [2.05, 4.69) is 6.92 Å². The van der Waals surface area contributed by atoms with Gasteiger partial charge in [0.25, 0.3) is 10.1 Å². The summed E-state index contributed by atoms with van der Waals surface area (Å²) >= 11 is 0. The van der Waals surface area contributed by atoms with Crippen LogP contribution in [-0.4, -0.2) is 72.6 Å². The number of rotatable bonds is 18. The largest absolute Gasteiger partial charge is 0.395 e. The van der Waals surface area contributed by atoms with Gasteiger partial charge in [0.15, 0.2) is 0 Å². The number of hydrogen-bond acceptors (Lipinski definition) is 6. The van der Waals surface area contributed by atoms with E-state index in [1.54, 1.807) is 17.0 Å². The smallest absolute Gasteiger partial charge is 0.294 e. The number of aliphatic hydroxyl groups excluding tert-OH is 3. The summed E-state index contributed by atoms with van der Waals surface area (Å²) in [5, 5.41) is 25.5. The van der Waals surface area contributed by atoms with Gasteiger partial charge in [0.2, 0.25) is 0 Å². The van der Waals surface area contributed by atoms with Crippen LogP contribution in [0.15, 0.2) is 29.2 Å². The van der Waals surface area contributed by atoms with Crippen molar-refractivity contribution >= 4 is 10.1 Å². The van der Waals surface area contributed by atoms with Crippen LogP contribution in [0.5, 0.6) is 0 Å². The molecule has 0 aliphatic heterocycles. The minimum absolute atomic E-state index is 0.00270. The van der Waals surface area contributed by atoms with E-state index >= 15 is 0 Å². The van der Waals surface area contributed by atoms with E-state index < -0.39 is 10.1 Å². The van der Waals surface area contributed by atoms with Crippen molar-refractivity contribution < 1.29 is 28.3 Å². The van der Waals surface area contributed by atoms with Gasteiger partial charge >= 0.3 is 0 Å². The van der Waals surface area contributed by atoms with Crippen LogP contribution in [0.25, 0.3) is 0 Å². The molecule has 4 N–H and O–H groups in total. The third-order valence-corrected chi connectivity index (χ3v) is 6.11. The Morgan fingerprint density at radius 3 is 1.66 bits per heavy atom. The summed E-state index contributed by atoms with van der Waals surface area (Å²) in [7, 11) is -4.08.